The van der Waals surface area contributed by atoms with Crippen LogP contribution in [-0.2, 0) is 6.54 Å². The fourth-order valence-corrected chi connectivity index (χ4v) is 4.72. The van der Waals surface area contributed by atoms with Gasteiger partial charge in [0.2, 0.25) is 5.78 Å². The summed E-state index contributed by atoms with van der Waals surface area (Å²) in [6.45, 7) is 0.390. The van der Waals surface area contributed by atoms with Crippen molar-refractivity contribution in [2.75, 3.05) is 38.4 Å². The summed E-state index contributed by atoms with van der Waals surface area (Å²) in [4.78, 5) is 21.4. The number of halogens is 2. The second-order valence-electron chi connectivity index (χ2n) is 8.05. The van der Waals surface area contributed by atoms with Gasteiger partial charge < -0.3 is 15.1 Å². The van der Waals surface area contributed by atoms with Crippen molar-refractivity contribution in [3.8, 4) is 0 Å². The molecule has 1 aromatic heterocycles. The summed E-state index contributed by atoms with van der Waals surface area (Å²) in [5, 5.41) is 4.02. The van der Waals surface area contributed by atoms with Gasteiger partial charge in [-0.05, 0) is 44.6 Å². The summed E-state index contributed by atoms with van der Waals surface area (Å²) < 4.78 is 29.4. The third-order valence-electron chi connectivity index (χ3n) is 5.00. The lowest BCUT2D eigenvalue weighted by atomic mass is 9.96. The van der Waals surface area contributed by atoms with E-state index < -0.39 is 23.0 Å². The number of nitrogens with one attached hydrogen (secondary N) is 1. The van der Waals surface area contributed by atoms with Crippen LogP contribution in [0.25, 0.3) is 0 Å². The van der Waals surface area contributed by atoms with Gasteiger partial charge in [0.25, 0.3) is 0 Å². The summed E-state index contributed by atoms with van der Waals surface area (Å²) in [6, 6.07) is 2.79. The van der Waals surface area contributed by atoms with Crippen LogP contribution >= 0.6 is 11.3 Å². The quantitative estimate of drug-likeness (QED) is 0.665. The summed E-state index contributed by atoms with van der Waals surface area (Å²) in [5.41, 5.74) is -0.0400. The normalized spacial score (nSPS) is 15.0. The minimum atomic E-state index is -0.841. The summed E-state index contributed by atoms with van der Waals surface area (Å²) >= 11 is 1.16. The molecule has 8 heteroatoms. The first-order valence-corrected chi connectivity index (χ1v) is 10.7. The first kappa shape index (κ1) is 21.6. The summed E-state index contributed by atoms with van der Waals surface area (Å²) in [7, 11) is 7.17. The highest BCUT2D eigenvalue weighted by molar-refractivity contribution is 7.18. The second kappa shape index (κ2) is 9.17. The molecule has 5 nitrogen and oxygen atoms in total. The van der Waals surface area contributed by atoms with Gasteiger partial charge in [-0.25, -0.2) is 13.8 Å². The van der Waals surface area contributed by atoms with Crippen molar-refractivity contribution in [3.63, 3.8) is 0 Å². The highest BCUT2D eigenvalue weighted by Gasteiger charge is 2.27. The molecule has 3 rings (SSSR count). The van der Waals surface area contributed by atoms with Crippen LogP contribution in [0.15, 0.2) is 12.1 Å². The van der Waals surface area contributed by atoms with Crippen molar-refractivity contribution in [1.29, 1.82) is 0 Å². The molecule has 1 aliphatic rings. The van der Waals surface area contributed by atoms with E-state index in [9.17, 15) is 13.6 Å². The van der Waals surface area contributed by atoms with Crippen molar-refractivity contribution in [3.05, 3.63) is 39.8 Å². The third kappa shape index (κ3) is 5.11. The maximum atomic E-state index is 14.7. The maximum Gasteiger partial charge on any atom is 0.212 e. The van der Waals surface area contributed by atoms with Gasteiger partial charge in [0.15, 0.2) is 10.9 Å². The number of carbonyl (C=O) groups excluding carboxylic acids is 1. The van der Waals surface area contributed by atoms with Crippen LogP contribution in [0, 0.1) is 11.6 Å². The Labute approximate surface area is 174 Å². The molecule has 0 saturated heterocycles. The van der Waals surface area contributed by atoms with E-state index in [0.717, 1.165) is 24.2 Å². The van der Waals surface area contributed by atoms with E-state index in [1.807, 2.05) is 19.0 Å². The Kier molecular flexibility index (Phi) is 6.85. The average molecular weight is 423 g/mol. The van der Waals surface area contributed by atoms with Crippen molar-refractivity contribution in [1.82, 2.24) is 9.88 Å². The van der Waals surface area contributed by atoms with Gasteiger partial charge in [-0.15, -0.1) is 0 Å². The van der Waals surface area contributed by atoms with Gasteiger partial charge in [0.05, 0.1) is 5.56 Å². The highest BCUT2D eigenvalue weighted by atomic mass is 32.1. The summed E-state index contributed by atoms with van der Waals surface area (Å²) in [6.07, 6.45) is 5.72. The van der Waals surface area contributed by atoms with Crippen molar-refractivity contribution in [2.24, 2.45) is 0 Å². The van der Waals surface area contributed by atoms with E-state index in [-0.39, 0.29) is 4.88 Å². The largest absolute Gasteiger partial charge is 0.361 e. The lowest BCUT2D eigenvalue weighted by molar-refractivity contribution is 0.103. The van der Waals surface area contributed by atoms with Gasteiger partial charge in [0.1, 0.15) is 16.5 Å². The molecule has 1 aliphatic carbocycles. The van der Waals surface area contributed by atoms with Gasteiger partial charge in [-0.2, -0.15) is 0 Å². The molecule has 1 saturated carbocycles. The van der Waals surface area contributed by atoms with Crippen LogP contribution in [-0.4, -0.2) is 49.9 Å². The molecule has 0 amide bonds. The van der Waals surface area contributed by atoms with Gasteiger partial charge >= 0.3 is 0 Å². The number of aromatic nitrogens is 1. The van der Waals surface area contributed by atoms with Crippen LogP contribution in [0.5, 0.6) is 0 Å². The number of anilines is 2. The van der Waals surface area contributed by atoms with Crippen LogP contribution < -0.4 is 10.2 Å². The second-order valence-corrected chi connectivity index (χ2v) is 9.05. The van der Waals surface area contributed by atoms with E-state index >= 15 is 0 Å². The fourth-order valence-electron chi connectivity index (χ4n) is 3.66. The number of hydrogen-bond donors (Lipinski definition) is 1. The van der Waals surface area contributed by atoms with Crippen molar-refractivity contribution in [2.45, 2.75) is 44.7 Å². The zero-order chi connectivity index (χ0) is 21.1. The Morgan fingerprint density at radius 3 is 2.31 bits per heavy atom. The van der Waals surface area contributed by atoms with Crippen LogP contribution in [0.1, 0.15) is 52.9 Å². The molecule has 2 aromatic rings. The number of benzene rings is 1. The maximum absolute atomic E-state index is 14.7. The number of ketones is 1. The summed E-state index contributed by atoms with van der Waals surface area (Å²) in [5.74, 6) is -1.93. The van der Waals surface area contributed by atoms with E-state index in [2.05, 4.69) is 10.3 Å². The van der Waals surface area contributed by atoms with Crippen LogP contribution in [0.4, 0.5) is 19.7 Å². The topological polar surface area (TPSA) is 48.5 Å². The number of carbonyl (C=O) groups is 1. The molecule has 0 spiro atoms. The standard InChI is InChI=1S/C21H28F2N4OS/c1-26(2)12-13-10-15(22)17(16(23)11-13)18(28)19-20(27(3)4)25-21(29-19)24-14-8-6-5-7-9-14/h10-11,14H,5-9,12H2,1-4H3,(H,24,25). The third-order valence-corrected chi connectivity index (χ3v) is 5.97. The van der Waals surface area contributed by atoms with Gasteiger partial charge in [-0.1, -0.05) is 30.6 Å². The number of hydrogen-bond acceptors (Lipinski definition) is 6. The van der Waals surface area contributed by atoms with E-state index in [1.165, 1.54) is 31.4 Å². The molecule has 29 heavy (non-hydrogen) atoms. The lowest BCUT2D eigenvalue weighted by Gasteiger charge is -2.22. The minimum Gasteiger partial charge on any atom is -0.361 e. The molecule has 0 unspecified atom stereocenters. The molecule has 158 valence electrons. The van der Waals surface area contributed by atoms with E-state index in [4.69, 9.17) is 0 Å². The zero-order valence-electron chi connectivity index (χ0n) is 17.4. The number of thiazole rings is 1. The Bertz CT molecular complexity index is 853. The Morgan fingerprint density at radius 2 is 1.76 bits per heavy atom. The minimum absolute atomic E-state index is 0.242. The Morgan fingerprint density at radius 1 is 1.14 bits per heavy atom. The molecule has 1 aromatic carbocycles. The lowest BCUT2D eigenvalue weighted by Crippen LogP contribution is -2.22. The number of rotatable bonds is 7. The predicted octanol–water partition coefficient (Wildman–Crippen LogP) is 4.52. The molecule has 0 radical (unpaired) electrons. The molecule has 1 N–H and O–H groups in total. The SMILES string of the molecule is CN(C)Cc1cc(F)c(C(=O)c2sc(NC3CCCCC3)nc2N(C)C)c(F)c1. The molecule has 1 heterocycles. The van der Waals surface area contributed by atoms with Crippen molar-refractivity contribution >= 4 is 28.1 Å². The Balaban J connectivity index is 1.91. The molecule has 1 fully saturated rings. The van der Waals surface area contributed by atoms with Crippen LogP contribution in [0.2, 0.25) is 0 Å². The first-order valence-electron chi connectivity index (χ1n) is 9.88. The number of nitrogens with zero attached hydrogens (tertiary/aromatic N) is 3. The molecular weight excluding hydrogens is 394 g/mol. The molecule has 0 bridgehead atoms. The first-order chi connectivity index (χ1) is 13.8. The van der Waals surface area contributed by atoms with E-state index in [0.29, 0.717) is 29.1 Å². The predicted molar refractivity (Wildman–Crippen MR) is 114 cm³/mol. The van der Waals surface area contributed by atoms with Gasteiger partial charge in [0, 0.05) is 26.7 Å². The molecular formula is C21H28F2N4OS. The molecule has 0 aliphatic heterocycles. The smallest absolute Gasteiger partial charge is 0.212 e. The Hall–Kier alpha value is -2.06. The average Bonchev–Trinajstić information content (AvgIpc) is 3.05. The zero-order valence-corrected chi connectivity index (χ0v) is 18.2. The highest BCUT2D eigenvalue weighted by Crippen LogP contribution is 2.34. The van der Waals surface area contributed by atoms with Gasteiger partial charge in [-0.3, -0.25) is 4.79 Å². The van der Waals surface area contributed by atoms with Crippen molar-refractivity contribution < 1.29 is 13.6 Å². The monoisotopic (exact) mass is 422 g/mol. The van der Waals surface area contributed by atoms with Crippen LogP contribution in [0.3, 0.4) is 0 Å². The fraction of sp³-hybridized carbons (Fsp3) is 0.524. The van der Waals surface area contributed by atoms with E-state index in [1.54, 1.807) is 19.0 Å². The molecule has 0 atom stereocenters.